The van der Waals surface area contributed by atoms with Gasteiger partial charge in [0.25, 0.3) is 0 Å². The Morgan fingerprint density at radius 3 is 2.57 bits per heavy atom. The zero-order valence-electron chi connectivity index (χ0n) is 8.64. The lowest BCUT2D eigenvalue weighted by Crippen LogP contribution is -2.17. The van der Waals surface area contributed by atoms with Crippen molar-refractivity contribution < 1.29 is 9.47 Å². The highest BCUT2D eigenvalue weighted by molar-refractivity contribution is 5.19. The van der Waals surface area contributed by atoms with Gasteiger partial charge in [-0.1, -0.05) is 37.3 Å². The molecule has 3 atom stereocenters. The topological polar surface area (TPSA) is 18.5 Å². The van der Waals surface area contributed by atoms with Crippen LogP contribution in [-0.2, 0) is 9.47 Å². The maximum Gasteiger partial charge on any atom is 0.164 e. The summed E-state index contributed by atoms with van der Waals surface area (Å²) in [5.74, 6) is 0.307. The summed E-state index contributed by atoms with van der Waals surface area (Å²) in [6.45, 7) is 4.89. The average Bonchev–Trinajstić information content (AvgIpc) is 2.65. The van der Waals surface area contributed by atoms with E-state index in [4.69, 9.17) is 9.47 Å². The Morgan fingerprint density at radius 2 is 2.00 bits per heavy atom. The standard InChI is InChI=1S/C12H16O2/c1-9-8-13-12(14-9)10(2)11-6-4-3-5-7-11/h3-7,9-10,12H,8H2,1-2H3/t9-,10-,12+/m0/s1. The van der Waals surface area contributed by atoms with Crippen LogP contribution in [0.15, 0.2) is 30.3 Å². The normalized spacial score (nSPS) is 29.0. The van der Waals surface area contributed by atoms with Crippen molar-refractivity contribution in [3.8, 4) is 0 Å². The smallest absolute Gasteiger partial charge is 0.164 e. The molecule has 2 heteroatoms. The zero-order valence-corrected chi connectivity index (χ0v) is 8.64. The van der Waals surface area contributed by atoms with E-state index in [9.17, 15) is 0 Å². The molecule has 0 amide bonds. The third-order valence-electron chi connectivity index (χ3n) is 2.60. The van der Waals surface area contributed by atoms with Gasteiger partial charge in [0.1, 0.15) is 0 Å². The Bertz CT molecular complexity index is 284. The van der Waals surface area contributed by atoms with Gasteiger partial charge in [0, 0.05) is 5.92 Å². The van der Waals surface area contributed by atoms with Gasteiger partial charge in [0.05, 0.1) is 12.7 Å². The van der Waals surface area contributed by atoms with Crippen molar-refractivity contribution in [1.82, 2.24) is 0 Å². The Morgan fingerprint density at radius 1 is 1.29 bits per heavy atom. The van der Waals surface area contributed by atoms with E-state index in [1.54, 1.807) is 0 Å². The molecule has 1 heterocycles. The first-order valence-corrected chi connectivity index (χ1v) is 5.09. The lowest BCUT2D eigenvalue weighted by molar-refractivity contribution is -0.0691. The molecule has 1 saturated heterocycles. The molecule has 1 aromatic rings. The minimum Gasteiger partial charge on any atom is -0.349 e. The molecule has 0 radical (unpaired) electrons. The molecule has 1 aliphatic rings. The fourth-order valence-electron chi connectivity index (χ4n) is 1.71. The van der Waals surface area contributed by atoms with Crippen LogP contribution in [-0.4, -0.2) is 19.0 Å². The van der Waals surface area contributed by atoms with Crippen LogP contribution in [0.1, 0.15) is 25.3 Å². The van der Waals surface area contributed by atoms with E-state index in [1.807, 2.05) is 25.1 Å². The van der Waals surface area contributed by atoms with Crippen molar-refractivity contribution in [3.63, 3.8) is 0 Å². The maximum absolute atomic E-state index is 5.66. The van der Waals surface area contributed by atoms with Crippen LogP contribution in [0.4, 0.5) is 0 Å². The van der Waals surface area contributed by atoms with E-state index < -0.39 is 0 Å². The van der Waals surface area contributed by atoms with Gasteiger partial charge in [-0.05, 0) is 12.5 Å². The van der Waals surface area contributed by atoms with Gasteiger partial charge in [-0.3, -0.25) is 0 Å². The first-order chi connectivity index (χ1) is 6.77. The molecule has 0 spiro atoms. The van der Waals surface area contributed by atoms with E-state index in [0.717, 1.165) is 0 Å². The second-order valence-corrected chi connectivity index (χ2v) is 3.85. The van der Waals surface area contributed by atoms with E-state index in [2.05, 4.69) is 19.1 Å². The van der Waals surface area contributed by atoms with Gasteiger partial charge in [0.2, 0.25) is 0 Å². The maximum atomic E-state index is 5.66. The molecule has 1 fully saturated rings. The van der Waals surface area contributed by atoms with Gasteiger partial charge in [-0.2, -0.15) is 0 Å². The largest absolute Gasteiger partial charge is 0.349 e. The molecular weight excluding hydrogens is 176 g/mol. The Hall–Kier alpha value is -0.860. The van der Waals surface area contributed by atoms with E-state index in [0.29, 0.717) is 12.5 Å². The van der Waals surface area contributed by atoms with E-state index in [-0.39, 0.29) is 12.4 Å². The molecule has 0 bridgehead atoms. The molecule has 2 nitrogen and oxygen atoms in total. The van der Waals surface area contributed by atoms with Gasteiger partial charge >= 0.3 is 0 Å². The third kappa shape index (κ3) is 1.97. The summed E-state index contributed by atoms with van der Waals surface area (Å²) in [6, 6.07) is 10.3. The number of benzene rings is 1. The van der Waals surface area contributed by atoms with Crippen LogP contribution in [0.2, 0.25) is 0 Å². The first kappa shape index (κ1) is 9.69. The summed E-state index contributed by atoms with van der Waals surface area (Å²) in [6.07, 6.45) is 0.151. The fourth-order valence-corrected chi connectivity index (χ4v) is 1.71. The molecule has 76 valence electrons. The zero-order chi connectivity index (χ0) is 9.97. The molecule has 0 N–H and O–H groups in total. The predicted molar refractivity (Wildman–Crippen MR) is 55.1 cm³/mol. The van der Waals surface area contributed by atoms with Crippen LogP contribution in [0.25, 0.3) is 0 Å². The number of rotatable bonds is 2. The van der Waals surface area contributed by atoms with Crippen LogP contribution in [0.3, 0.4) is 0 Å². The van der Waals surface area contributed by atoms with Crippen molar-refractivity contribution in [1.29, 1.82) is 0 Å². The lowest BCUT2D eigenvalue weighted by Gasteiger charge is -2.18. The molecular formula is C12H16O2. The average molecular weight is 192 g/mol. The highest BCUT2D eigenvalue weighted by Gasteiger charge is 2.28. The summed E-state index contributed by atoms with van der Waals surface area (Å²) in [5.41, 5.74) is 1.27. The molecule has 14 heavy (non-hydrogen) atoms. The monoisotopic (exact) mass is 192 g/mol. The van der Waals surface area contributed by atoms with Crippen molar-refractivity contribution in [3.05, 3.63) is 35.9 Å². The van der Waals surface area contributed by atoms with Gasteiger partial charge in [-0.25, -0.2) is 0 Å². The summed E-state index contributed by atoms with van der Waals surface area (Å²) in [4.78, 5) is 0. The molecule has 0 aliphatic carbocycles. The Kier molecular flexibility index (Phi) is 2.85. The minimum atomic E-state index is -0.0765. The Labute approximate surface area is 84.8 Å². The summed E-state index contributed by atoms with van der Waals surface area (Å²) < 4.78 is 11.2. The highest BCUT2D eigenvalue weighted by atomic mass is 16.7. The van der Waals surface area contributed by atoms with E-state index >= 15 is 0 Å². The number of hydrogen-bond acceptors (Lipinski definition) is 2. The van der Waals surface area contributed by atoms with Crippen molar-refractivity contribution >= 4 is 0 Å². The second-order valence-electron chi connectivity index (χ2n) is 3.85. The fraction of sp³-hybridized carbons (Fsp3) is 0.500. The Balaban J connectivity index is 2.05. The summed E-state index contributed by atoms with van der Waals surface area (Å²) >= 11 is 0. The van der Waals surface area contributed by atoms with Crippen molar-refractivity contribution in [2.75, 3.05) is 6.61 Å². The minimum absolute atomic E-state index is 0.0765. The molecule has 1 aliphatic heterocycles. The van der Waals surface area contributed by atoms with Gasteiger partial charge in [0.15, 0.2) is 6.29 Å². The highest BCUT2D eigenvalue weighted by Crippen LogP contribution is 2.26. The lowest BCUT2D eigenvalue weighted by atomic mass is 10.0. The van der Waals surface area contributed by atoms with Crippen LogP contribution in [0, 0.1) is 0 Å². The number of ether oxygens (including phenoxy) is 2. The summed E-state index contributed by atoms with van der Waals surface area (Å²) in [7, 11) is 0. The quantitative estimate of drug-likeness (QED) is 0.717. The second kappa shape index (κ2) is 4.11. The molecule has 2 rings (SSSR count). The van der Waals surface area contributed by atoms with Crippen molar-refractivity contribution in [2.45, 2.75) is 32.2 Å². The first-order valence-electron chi connectivity index (χ1n) is 5.09. The predicted octanol–water partition coefficient (Wildman–Crippen LogP) is 2.55. The van der Waals surface area contributed by atoms with E-state index in [1.165, 1.54) is 5.56 Å². The molecule has 1 aromatic carbocycles. The third-order valence-corrected chi connectivity index (χ3v) is 2.60. The van der Waals surface area contributed by atoms with Gasteiger partial charge in [-0.15, -0.1) is 0 Å². The van der Waals surface area contributed by atoms with Crippen LogP contribution < -0.4 is 0 Å². The SMILES string of the molecule is C[C@H]1CO[C@@H]([C@@H](C)c2ccccc2)O1. The molecule has 0 unspecified atom stereocenters. The summed E-state index contributed by atoms with van der Waals surface area (Å²) in [5, 5.41) is 0. The molecule has 0 aromatic heterocycles. The molecule has 0 saturated carbocycles. The van der Waals surface area contributed by atoms with Crippen LogP contribution in [0.5, 0.6) is 0 Å². The van der Waals surface area contributed by atoms with Crippen LogP contribution >= 0.6 is 0 Å². The van der Waals surface area contributed by atoms with Crippen molar-refractivity contribution in [2.24, 2.45) is 0 Å². The number of hydrogen-bond donors (Lipinski definition) is 0. The van der Waals surface area contributed by atoms with Gasteiger partial charge < -0.3 is 9.47 Å².